The Bertz CT molecular complexity index is 593. The summed E-state index contributed by atoms with van der Waals surface area (Å²) in [5.41, 5.74) is 3.95. The average Bonchev–Trinajstić information content (AvgIpc) is 2.51. The number of aryl methyl sites for hydroxylation is 1. The van der Waals surface area contributed by atoms with E-state index in [1.165, 1.54) is 5.57 Å². The topological polar surface area (TPSA) is 60.7 Å². The third-order valence-corrected chi connectivity index (χ3v) is 5.03. The minimum atomic E-state index is -0.0142. The smallest absolute Gasteiger partial charge is 0.123 e. The molecule has 0 fully saturated rings. The second-order valence-corrected chi connectivity index (χ2v) is 7.11. The van der Waals surface area contributed by atoms with Crippen LogP contribution in [0.25, 0.3) is 0 Å². The van der Waals surface area contributed by atoms with Gasteiger partial charge in [0.1, 0.15) is 11.5 Å². The predicted molar refractivity (Wildman–Crippen MR) is 98.4 cm³/mol. The molecule has 0 amide bonds. The average molecular weight is 330 g/mol. The molecule has 0 saturated heterocycles. The van der Waals surface area contributed by atoms with Gasteiger partial charge >= 0.3 is 0 Å². The van der Waals surface area contributed by atoms with Crippen LogP contribution >= 0.6 is 0 Å². The Balaban J connectivity index is 2.26. The summed E-state index contributed by atoms with van der Waals surface area (Å²) in [6, 6.07) is 3.56. The molecule has 1 aliphatic carbocycles. The van der Waals surface area contributed by atoms with E-state index in [4.69, 9.17) is 5.11 Å². The largest absolute Gasteiger partial charge is 0.507 e. The second-order valence-electron chi connectivity index (χ2n) is 7.11. The lowest BCUT2D eigenvalue weighted by Gasteiger charge is -2.31. The van der Waals surface area contributed by atoms with Crippen molar-refractivity contribution in [1.82, 2.24) is 0 Å². The zero-order valence-corrected chi connectivity index (χ0v) is 14.9. The van der Waals surface area contributed by atoms with Crippen molar-refractivity contribution in [1.29, 1.82) is 0 Å². The van der Waals surface area contributed by atoms with Crippen molar-refractivity contribution in [2.24, 2.45) is 5.92 Å². The number of aliphatic hydroxyl groups excluding tert-OH is 1. The fraction of sp³-hybridized carbons (Fsp3) is 0.524. The van der Waals surface area contributed by atoms with Gasteiger partial charge in [-0.1, -0.05) is 30.2 Å². The van der Waals surface area contributed by atoms with E-state index < -0.39 is 0 Å². The van der Waals surface area contributed by atoms with Gasteiger partial charge in [-0.15, -0.1) is 0 Å². The van der Waals surface area contributed by atoms with Crippen LogP contribution in [-0.2, 0) is 6.42 Å². The highest BCUT2D eigenvalue weighted by atomic mass is 16.3. The molecule has 3 nitrogen and oxygen atoms in total. The van der Waals surface area contributed by atoms with Crippen molar-refractivity contribution < 1.29 is 15.3 Å². The van der Waals surface area contributed by atoms with Gasteiger partial charge in [-0.3, -0.25) is 0 Å². The van der Waals surface area contributed by atoms with Crippen molar-refractivity contribution in [2.75, 3.05) is 6.61 Å². The molecular formula is C21H30O3. The van der Waals surface area contributed by atoms with Crippen LogP contribution in [0.4, 0.5) is 0 Å². The number of unbranched alkanes of at least 4 members (excludes halogenated alkanes) is 2. The van der Waals surface area contributed by atoms with Crippen LogP contribution < -0.4 is 0 Å². The molecule has 132 valence electrons. The summed E-state index contributed by atoms with van der Waals surface area (Å²) in [6.07, 6.45) is 7.69. The summed E-state index contributed by atoms with van der Waals surface area (Å²) in [5, 5.41) is 29.9. The first-order chi connectivity index (χ1) is 11.4. The van der Waals surface area contributed by atoms with Gasteiger partial charge in [-0.25, -0.2) is 0 Å². The summed E-state index contributed by atoms with van der Waals surface area (Å²) >= 11 is 0. The zero-order chi connectivity index (χ0) is 17.7. The first-order valence-corrected chi connectivity index (χ1v) is 8.92. The normalized spacial score (nSPS) is 20.7. The van der Waals surface area contributed by atoms with E-state index in [-0.39, 0.29) is 29.9 Å². The monoisotopic (exact) mass is 330 g/mol. The second kappa shape index (κ2) is 8.39. The molecule has 0 aliphatic heterocycles. The molecule has 0 bridgehead atoms. The Kier molecular flexibility index (Phi) is 6.50. The molecule has 1 aromatic carbocycles. The van der Waals surface area contributed by atoms with Gasteiger partial charge in [-0.05, 0) is 69.6 Å². The van der Waals surface area contributed by atoms with Gasteiger partial charge < -0.3 is 15.3 Å². The third kappa shape index (κ3) is 4.41. The van der Waals surface area contributed by atoms with Gasteiger partial charge in [0.15, 0.2) is 0 Å². The summed E-state index contributed by atoms with van der Waals surface area (Å²) < 4.78 is 0. The van der Waals surface area contributed by atoms with E-state index in [9.17, 15) is 10.2 Å². The molecule has 0 unspecified atom stereocenters. The lowest BCUT2D eigenvalue weighted by molar-refractivity contribution is 0.283. The van der Waals surface area contributed by atoms with Crippen molar-refractivity contribution in [3.63, 3.8) is 0 Å². The van der Waals surface area contributed by atoms with E-state index >= 15 is 0 Å². The Morgan fingerprint density at radius 2 is 1.83 bits per heavy atom. The summed E-state index contributed by atoms with van der Waals surface area (Å²) in [5.74, 6) is 0.587. The Morgan fingerprint density at radius 1 is 1.17 bits per heavy atom. The number of allylic oxidation sites excluding steroid dienone is 3. The molecule has 0 aromatic heterocycles. The maximum atomic E-state index is 10.6. The van der Waals surface area contributed by atoms with Crippen LogP contribution in [0.3, 0.4) is 0 Å². The standard InChI is InChI=1S/C21H30O3/c1-14(2)17-9-8-15(3)11-18(17)21-19(23)12-16(13-20(21)24)7-5-4-6-10-22/h11-13,17-18,22-24H,1,4-10H2,2-3H3/t17-,18+/m0/s1. The lowest BCUT2D eigenvalue weighted by Crippen LogP contribution is -2.17. The van der Waals surface area contributed by atoms with Gasteiger partial charge in [0.05, 0.1) is 0 Å². The first-order valence-electron chi connectivity index (χ1n) is 8.92. The number of rotatable bonds is 7. The Hall–Kier alpha value is -1.74. The number of aliphatic hydroxyl groups is 1. The van der Waals surface area contributed by atoms with Crippen LogP contribution in [-0.4, -0.2) is 21.9 Å². The first kappa shape index (κ1) is 18.6. The molecule has 0 radical (unpaired) electrons. The molecule has 2 atom stereocenters. The van der Waals surface area contributed by atoms with E-state index in [0.29, 0.717) is 5.56 Å². The maximum absolute atomic E-state index is 10.6. The van der Waals surface area contributed by atoms with Crippen LogP contribution in [0.2, 0.25) is 0 Å². The summed E-state index contributed by atoms with van der Waals surface area (Å²) in [6.45, 7) is 8.44. The van der Waals surface area contributed by atoms with Crippen molar-refractivity contribution in [2.45, 2.75) is 58.3 Å². The minimum absolute atomic E-state index is 0.0142. The molecule has 0 spiro atoms. The van der Waals surface area contributed by atoms with Crippen LogP contribution in [0, 0.1) is 5.92 Å². The fourth-order valence-electron chi connectivity index (χ4n) is 3.69. The molecule has 1 aromatic rings. The van der Waals surface area contributed by atoms with E-state index in [0.717, 1.165) is 49.7 Å². The molecule has 24 heavy (non-hydrogen) atoms. The fourth-order valence-corrected chi connectivity index (χ4v) is 3.69. The van der Waals surface area contributed by atoms with Gasteiger partial charge in [0.2, 0.25) is 0 Å². The van der Waals surface area contributed by atoms with E-state index in [1.807, 2.05) is 6.92 Å². The van der Waals surface area contributed by atoms with E-state index in [2.05, 4.69) is 19.6 Å². The number of phenolic OH excluding ortho intramolecular Hbond substituents is 2. The molecule has 0 saturated carbocycles. The predicted octanol–water partition coefficient (Wildman–Crippen LogP) is 4.82. The third-order valence-electron chi connectivity index (χ3n) is 5.03. The molecule has 1 aliphatic rings. The van der Waals surface area contributed by atoms with Crippen LogP contribution in [0.5, 0.6) is 11.5 Å². The van der Waals surface area contributed by atoms with Gasteiger partial charge in [-0.2, -0.15) is 0 Å². The highest BCUT2D eigenvalue weighted by Gasteiger charge is 2.30. The number of hydrogen-bond donors (Lipinski definition) is 3. The number of benzene rings is 1. The number of phenols is 2. The van der Waals surface area contributed by atoms with Crippen LogP contribution in [0.15, 0.2) is 35.9 Å². The van der Waals surface area contributed by atoms with Gasteiger partial charge in [0, 0.05) is 18.1 Å². The van der Waals surface area contributed by atoms with Crippen molar-refractivity contribution >= 4 is 0 Å². The minimum Gasteiger partial charge on any atom is -0.507 e. The summed E-state index contributed by atoms with van der Waals surface area (Å²) in [7, 11) is 0. The number of aromatic hydroxyl groups is 2. The van der Waals surface area contributed by atoms with Crippen LogP contribution in [0.1, 0.15) is 63.0 Å². The molecule has 3 N–H and O–H groups in total. The zero-order valence-electron chi connectivity index (χ0n) is 14.9. The Morgan fingerprint density at radius 3 is 2.42 bits per heavy atom. The van der Waals surface area contributed by atoms with Crippen molar-refractivity contribution in [3.8, 4) is 11.5 Å². The van der Waals surface area contributed by atoms with Crippen molar-refractivity contribution in [3.05, 3.63) is 47.1 Å². The molecule has 2 rings (SSSR count). The quantitative estimate of drug-likeness (QED) is 0.496. The highest BCUT2D eigenvalue weighted by Crippen LogP contribution is 2.46. The molecular weight excluding hydrogens is 300 g/mol. The maximum Gasteiger partial charge on any atom is 0.123 e. The van der Waals surface area contributed by atoms with Gasteiger partial charge in [0.25, 0.3) is 0 Å². The van der Waals surface area contributed by atoms with E-state index in [1.54, 1.807) is 12.1 Å². The lowest BCUT2D eigenvalue weighted by atomic mass is 9.73. The Labute approximate surface area is 145 Å². The SMILES string of the molecule is C=C(C)[C@@H]1CCC(C)=C[C@H]1c1c(O)cc(CCCCCO)cc1O. The molecule has 3 heteroatoms. The molecule has 0 heterocycles. The number of hydrogen-bond acceptors (Lipinski definition) is 3. The summed E-state index contributed by atoms with van der Waals surface area (Å²) in [4.78, 5) is 0. The highest BCUT2D eigenvalue weighted by molar-refractivity contribution is 5.51.